The molecule has 9 nitrogen and oxygen atoms in total. The first kappa shape index (κ1) is 18.2. The minimum Gasteiger partial charge on any atom is -0.481 e. The van der Waals surface area contributed by atoms with Gasteiger partial charge in [-0.25, -0.2) is 4.79 Å². The van der Waals surface area contributed by atoms with E-state index in [1.807, 2.05) is 18.2 Å². The summed E-state index contributed by atoms with van der Waals surface area (Å²) in [6.07, 6.45) is -1.19. The van der Waals surface area contributed by atoms with Crippen LogP contribution in [0.2, 0.25) is 0 Å². The van der Waals surface area contributed by atoms with Gasteiger partial charge >= 0.3 is 12.1 Å². The first-order valence-electron chi connectivity index (χ1n) is 7.58. The van der Waals surface area contributed by atoms with Crippen molar-refractivity contribution in [1.29, 1.82) is 0 Å². The molecule has 1 atom stereocenters. The lowest BCUT2D eigenvalue weighted by Crippen LogP contribution is -2.36. The van der Waals surface area contributed by atoms with Gasteiger partial charge in [0.15, 0.2) is 5.82 Å². The maximum atomic E-state index is 11.9. The van der Waals surface area contributed by atoms with Crippen LogP contribution in [0.4, 0.5) is 4.79 Å². The van der Waals surface area contributed by atoms with Crippen molar-refractivity contribution in [3.63, 3.8) is 0 Å². The average Bonchev–Trinajstić information content (AvgIpc) is 2.53. The molecule has 9 heteroatoms. The number of hydrogen-bond acceptors (Lipinski definition) is 7. The number of carboxylic acids is 1. The summed E-state index contributed by atoms with van der Waals surface area (Å²) in [4.78, 5) is 22.9. The zero-order valence-electron chi connectivity index (χ0n) is 14.1. The van der Waals surface area contributed by atoms with Crippen molar-refractivity contribution in [3.05, 3.63) is 36.2 Å². The number of benzene rings is 1. The van der Waals surface area contributed by atoms with Gasteiger partial charge in [-0.2, -0.15) is 0 Å². The number of alkyl carbamates (subject to hydrolysis) is 1. The summed E-state index contributed by atoms with van der Waals surface area (Å²) in [6, 6.07) is 8.09. The zero-order chi connectivity index (χ0) is 18.4. The van der Waals surface area contributed by atoms with E-state index in [2.05, 4.69) is 25.7 Å². The molecule has 0 aliphatic heterocycles. The number of nitrogens with one attached hydrogen (secondary N) is 1. The number of carboxylic acid groups (broad SMARTS) is 1. The molecule has 0 aliphatic rings. The standard InChI is InChI=1S/C16H19N5O4/c1-16(2,3)25-15(24)17-11(9-12(22)23)14-20-18-13(19-21-14)10-7-5-4-6-8-10/h4-8,11H,9H2,1-3H3,(H,17,24)(H,22,23). The van der Waals surface area contributed by atoms with Crippen molar-refractivity contribution < 1.29 is 19.4 Å². The maximum Gasteiger partial charge on any atom is 0.408 e. The van der Waals surface area contributed by atoms with E-state index in [-0.39, 0.29) is 5.82 Å². The smallest absolute Gasteiger partial charge is 0.408 e. The number of aliphatic carboxylic acids is 1. The molecule has 25 heavy (non-hydrogen) atoms. The Morgan fingerprint density at radius 1 is 1.12 bits per heavy atom. The van der Waals surface area contributed by atoms with Crippen molar-refractivity contribution >= 4 is 12.1 Å². The van der Waals surface area contributed by atoms with Crippen molar-refractivity contribution in [2.75, 3.05) is 0 Å². The Kier molecular flexibility index (Phi) is 5.58. The second-order valence-corrected chi connectivity index (χ2v) is 6.24. The molecule has 1 unspecified atom stereocenters. The second-order valence-electron chi connectivity index (χ2n) is 6.24. The van der Waals surface area contributed by atoms with E-state index in [0.29, 0.717) is 5.82 Å². The molecule has 0 saturated carbocycles. The van der Waals surface area contributed by atoms with Gasteiger partial charge in [0.2, 0.25) is 5.82 Å². The minimum atomic E-state index is -1.13. The van der Waals surface area contributed by atoms with E-state index in [0.717, 1.165) is 5.56 Å². The average molecular weight is 345 g/mol. The molecular weight excluding hydrogens is 326 g/mol. The molecular formula is C16H19N5O4. The van der Waals surface area contributed by atoms with E-state index >= 15 is 0 Å². The van der Waals surface area contributed by atoms with Gasteiger partial charge in [0.1, 0.15) is 11.6 Å². The summed E-state index contributed by atoms with van der Waals surface area (Å²) < 4.78 is 5.12. The number of carbonyl (C=O) groups excluding carboxylic acids is 1. The molecule has 2 aromatic rings. The Labute approximate surface area is 144 Å². The molecule has 1 heterocycles. The minimum absolute atomic E-state index is 0.00654. The van der Waals surface area contributed by atoms with Crippen molar-refractivity contribution in [2.45, 2.75) is 38.8 Å². The quantitative estimate of drug-likeness (QED) is 0.842. The number of ether oxygens (including phenoxy) is 1. The SMILES string of the molecule is CC(C)(C)OC(=O)NC(CC(=O)O)c1nnc(-c2ccccc2)nn1. The number of carbonyl (C=O) groups is 2. The number of aromatic nitrogens is 4. The fourth-order valence-corrected chi connectivity index (χ4v) is 1.91. The van der Waals surface area contributed by atoms with Crippen LogP contribution in [0.25, 0.3) is 11.4 Å². The Morgan fingerprint density at radius 2 is 1.72 bits per heavy atom. The normalized spacial score (nSPS) is 12.3. The summed E-state index contributed by atoms with van der Waals surface area (Å²) in [5.41, 5.74) is 0.00997. The molecule has 1 aromatic heterocycles. The van der Waals surface area contributed by atoms with Gasteiger partial charge in [0.25, 0.3) is 0 Å². The fraction of sp³-hybridized carbons (Fsp3) is 0.375. The van der Waals surface area contributed by atoms with E-state index < -0.39 is 30.1 Å². The van der Waals surface area contributed by atoms with E-state index in [9.17, 15) is 9.59 Å². The molecule has 1 amide bonds. The topological polar surface area (TPSA) is 127 Å². The third kappa shape index (κ3) is 5.79. The highest BCUT2D eigenvalue weighted by atomic mass is 16.6. The summed E-state index contributed by atoms with van der Waals surface area (Å²) in [7, 11) is 0. The fourth-order valence-electron chi connectivity index (χ4n) is 1.91. The van der Waals surface area contributed by atoms with Gasteiger partial charge in [-0.05, 0) is 20.8 Å². The summed E-state index contributed by atoms with van der Waals surface area (Å²) in [5, 5.41) is 27.2. The van der Waals surface area contributed by atoms with E-state index in [1.165, 1.54) is 0 Å². The predicted molar refractivity (Wildman–Crippen MR) is 87.4 cm³/mol. The molecule has 132 valence electrons. The zero-order valence-corrected chi connectivity index (χ0v) is 14.1. The predicted octanol–water partition coefficient (Wildman–Crippen LogP) is 1.97. The van der Waals surface area contributed by atoms with Crippen LogP contribution in [-0.4, -0.2) is 43.2 Å². The van der Waals surface area contributed by atoms with Crippen LogP contribution >= 0.6 is 0 Å². The van der Waals surface area contributed by atoms with Crippen LogP contribution < -0.4 is 5.32 Å². The lowest BCUT2D eigenvalue weighted by molar-refractivity contribution is -0.137. The first-order valence-corrected chi connectivity index (χ1v) is 7.58. The van der Waals surface area contributed by atoms with Crippen molar-refractivity contribution in [3.8, 4) is 11.4 Å². The Bertz CT molecular complexity index is 728. The van der Waals surface area contributed by atoms with Gasteiger partial charge in [0.05, 0.1) is 6.42 Å². The third-order valence-corrected chi connectivity index (χ3v) is 2.91. The van der Waals surface area contributed by atoms with E-state index in [4.69, 9.17) is 9.84 Å². The largest absolute Gasteiger partial charge is 0.481 e. The number of rotatable bonds is 5. The van der Waals surface area contributed by atoms with Crippen LogP contribution in [0.3, 0.4) is 0 Å². The van der Waals surface area contributed by atoms with Crippen molar-refractivity contribution in [2.24, 2.45) is 0 Å². The molecule has 2 N–H and O–H groups in total. The van der Waals surface area contributed by atoms with E-state index in [1.54, 1.807) is 32.9 Å². The van der Waals surface area contributed by atoms with Crippen LogP contribution in [-0.2, 0) is 9.53 Å². The van der Waals surface area contributed by atoms with Gasteiger partial charge in [0, 0.05) is 5.56 Å². The van der Waals surface area contributed by atoms with Crippen LogP contribution in [0.1, 0.15) is 39.1 Å². The third-order valence-electron chi connectivity index (χ3n) is 2.91. The first-order chi connectivity index (χ1) is 11.7. The lowest BCUT2D eigenvalue weighted by Gasteiger charge is -2.22. The van der Waals surface area contributed by atoms with Crippen LogP contribution in [0, 0.1) is 0 Å². The van der Waals surface area contributed by atoms with Gasteiger partial charge in [-0.3, -0.25) is 4.79 Å². The number of hydrogen-bond donors (Lipinski definition) is 2. The Morgan fingerprint density at radius 3 is 2.24 bits per heavy atom. The highest BCUT2D eigenvalue weighted by molar-refractivity contribution is 5.71. The molecule has 0 spiro atoms. The lowest BCUT2D eigenvalue weighted by atomic mass is 10.2. The molecule has 1 aromatic carbocycles. The van der Waals surface area contributed by atoms with Gasteiger partial charge < -0.3 is 15.2 Å². The van der Waals surface area contributed by atoms with Gasteiger partial charge in [-0.1, -0.05) is 30.3 Å². The molecule has 0 radical (unpaired) electrons. The number of amides is 1. The monoisotopic (exact) mass is 345 g/mol. The highest BCUT2D eigenvalue weighted by Gasteiger charge is 2.25. The Balaban J connectivity index is 2.17. The van der Waals surface area contributed by atoms with Crippen molar-refractivity contribution in [1.82, 2.24) is 25.7 Å². The second kappa shape index (κ2) is 7.65. The molecule has 0 bridgehead atoms. The van der Waals surface area contributed by atoms with Crippen LogP contribution in [0.5, 0.6) is 0 Å². The molecule has 2 rings (SSSR count). The van der Waals surface area contributed by atoms with Crippen LogP contribution in [0.15, 0.2) is 30.3 Å². The Hall–Kier alpha value is -3.10. The molecule has 0 aliphatic carbocycles. The van der Waals surface area contributed by atoms with Gasteiger partial charge in [-0.15, -0.1) is 20.4 Å². The summed E-state index contributed by atoms with van der Waals surface area (Å²) in [6.45, 7) is 5.10. The molecule has 0 saturated heterocycles. The maximum absolute atomic E-state index is 11.9. The summed E-state index contributed by atoms with van der Waals surface area (Å²) >= 11 is 0. The summed E-state index contributed by atoms with van der Waals surface area (Å²) in [5.74, 6) is -0.833. The molecule has 0 fully saturated rings. The highest BCUT2D eigenvalue weighted by Crippen LogP contribution is 2.16. The number of nitrogens with zero attached hydrogens (tertiary/aromatic N) is 4.